The molecule has 3 aromatic rings. The molecule has 0 radical (unpaired) electrons. The lowest BCUT2D eigenvalue weighted by Gasteiger charge is -2.41. The molecule has 1 fully saturated rings. The van der Waals surface area contributed by atoms with E-state index in [4.69, 9.17) is 4.74 Å². The standard InChI is InChI=1S/C29H36N2O3S/c1-3-34-28-11-7-10-26(20-28)29(22-31-35(2,32)33)18-16-27(17-19-29)30-21-23-12-14-25(15-13-23)24-8-5-4-6-9-24/h4-15,20,27,30-31H,3,16-19,21-22H2,1-2H3. The monoisotopic (exact) mass is 492 g/mol. The molecular formula is C29H36N2O3S. The van der Waals surface area contributed by atoms with Crippen LogP contribution in [-0.4, -0.2) is 33.9 Å². The maximum Gasteiger partial charge on any atom is 0.208 e. The Hall–Kier alpha value is -2.67. The van der Waals surface area contributed by atoms with Crippen LogP contribution < -0.4 is 14.8 Å². The van der Waals surface area contributed by atoms with Gasteiger partial charge in [0.2, 0.25) is 10.0 Å². The Labute approximate surface area is 210 Å². The van der Waals surface area contributed by atoms with Gasteiger partial charge in [0.05, 0.1) is 12.9 Å². The molecule has 0 unspecified atom stereocenters. The molecule has 0 saturated heterocycles. The van der Waals surface area contributed by atoms with Crippen LogP contribution in [0.4, 0.5) is 0 Å². The minimum Gasteiger partial charge on any atom is -0.494 e. The molecule has 186 valence electrons. The summed E-state index contributed by atoms with van der Waals surface area (Å²) in [4.78, 5) is 0. The van der Waals surface area contributed by atoms with Gasteiger partial charge in [-0.3, -0.25) is 0 Å². The Kier molecular flexibility index (Phi) is 8.26. The van der Waals surface area contributed by atoms with Crippen molar-refractivity contribution in [1.82, 2.24) is 10.0 Å². The van der Waals surface area contributed by atoms with E-state index in [0.29, 0.717) is 19.2 Å². The molecule has 5 nitrogen and oxygen atoms in total. The van der Waals surface area contributed by atoms with E-state index < -0.39 is 10.0 Å². The predicted molar refractivity (Wildman–Crippen MR) is 143 cm³/mol. The van der Waals surface area contributed by atoms with Gasteiger partial charge in [0.25, 0.3) is 0 Å². The maximum atomic E-state index is 11.9. The zero-order valence-corrected chi connectivity index (χ0v) is 21.5. The van der Waals surface area contributed by atoms with E-state index in [1.807, 2.05) is 25.1 Å². The van der Waals surface area contributed by atoms with Gasteiger partial charge in [-0.05, 0) is 67.0 Å². The summed E-state index contributed by atoms with van der Waals surface area (Å²) in [7, 11) is -3.27. The van der Waals surface area contributed by atoms with Crippen molar-refractivity contribution in [3.8, 4) is 16.9 Å². The zero-order valence-electron chi connectivity index (χ0n) is 20.7. The summed E-state index contributed by atoms with van der Waals surface area (Å²) in [6.45, 7) is 3.82. The summed E-state index contributed by atoms with van der Waals surface area (Å²) in [5, 5.41) is 3.73. The second kappa shape index (κ2) is 11.4. The molecule has 6 heteroatoms. The molecular weight excluding hydrogens is 456 g/mol. The number of sulfonamides is 1. The van der Waals surface area contributed by atoms with Crippen molar-refractivity contribution < 1.29 is 13.2 Å². The van der Waals surface area contributed by atoms with Gasteiger partial charge in [-0.2, -0.15) is 0 Å². The molecule has 35 heavy (non-hydrogen) atoms. The fourth-order valence-corrected chi connectivity index (χ4v) is 5.54. The number of nitrogens with one attached hydrogen (secondary N) is 2. The van der Waals surface area contributed by atoms with Gasteiger partial charge in [-0.1, -0.05) is 66.7 Å². The van der Waals surface area contributed by atoms with Crippen molar-refractivity contribution in [2.75, 3.05) is 19.4 Å². The molecule has 1 saturated carbocycles. The molecule has 0 heterocycles. The van der Waals surface area contributed by atoms with Crippen LogP contribution in [0.15, 0.2) is 78.9 Å². The molecule has 3 aromatic carbocycles. The number of hydrogen-bond donors (Lipinski definition) is 2. The largest absolute Gasteiger partial charge is 0.494 e. The highest BCUT2D eigenvalue weighted by atomic mass is 32.2. The van der Waals surface area contributed by atoms with Crippen molar-refractivity contribution in [1.29, 1.82) is 0 Å². The molecule has 4 rings (SSSR count). The second-order valence-electron chi connectivity index (χ2n) is 9.55. The second-order valence-corrected chi connectivity index (χ2v) is 11.4. The predicted octanol–water partition coefficient (Wildman–Crippen LogP) is 5.27. The first-order chi connectivity index (χ1) is 16.9. The topological polar surface area (TPSA) is 67.4 Å². The Morgan fingerprint density at radius 2 is 1.60 bits per heavy atom. The smallest absolute Gasteiger partial charge is 0.208 e. The lowest BCUT2D eigenvalue weighted by molar-refractivity contribution is 0.244. The fraction of sp³-hybridized carbons (Fsp3) is 0.379. The number of rotatable bonds is 10. The summed E-state index contributed by atoms with van der Waals surface area (Å²) in [5.41, 5.74) is 4.64. The van der Waals surface area contributed by atoms with Crippen LogP contribution in [0.1, 0.15) is 43.7 Å². The minimum atomic E-state index is -3.27. The van der Waals surface area contributed by atoms with Gasteiger partial charge in [0.15, 0.2) is 0 Å². The molecule has 2 N–H and O–H groups in total. The van der Waals surface area contributed by atoms with Crippen molar-refractivity contribution in [2.45, 2.75) is 50.6 Å². The van der Waals surface area contributed by atoms with Gasteiger partial charge < -0.3 is 10.1 Å². The molecule has 0 aliphatic heterocycles. The van der Waals surface area contributed by atoms with Crippen LogP contribution in [0.3, 0.4) is 0 Å². The van der Waals surface area contributed by atoms with Crippen molar-refractivity contribution in [2.24, 2.45) is 0 Å². The van der Waals surface area contributed by atoms with E-state index in [0.717, 1.165) is 43.5 Å². The Bertz CT molecular complexity index is 1190. The van der Waals surface area contributed by atoms with Crippen LogP contribution >= 0.6 is 0 Å². The van der Waals surface area contributed by atoms with Crippen molar-refractivity contribution >= 4 is 10.0 Å². The summed E-state index contributed by atoms with van der Waals surface area (Å²) >= 11 is 0. The minimum absolute atomic E-state index is 0.230. The highest BCUT2D eigenvalue weighted by Gasteiger charge is 2.37. The van der Waals surface area contributed by atoms with Crippen LogP contribution in [-0.2, 0) is 22.0 Å². The van der Waals surface area contributed by atoms with Gasteiger partial charge in [-0.25, -0.2) is 13.1 Å². The third-order valence-electron chi connectivity index (χ3n) is 7.03. The first-order valence-corrected chi connectivity index (χ1v) is 14.3. The summed E-state index contributed by atoms with van der Waals surface area (Å²) in [5.74, 6) is 0.836. The molecule has 0 atom stereocenters. The van der Waals surface area contributed by atoms with E-state index >= 15 is 0 Å². The highest BCUT2D eigenvalue weighted by molar-refractivity contribution is 7.88. The molecule has 1 aliphatic rings. The van der Waals surface area contributed by atoms with Crippen LogP contribution in [0.2, 0.25) is 0 Å². The van der Waals surface area contributed by atoms with E-state index in [9.17, 15) is 8.42 Å². The third kappa shape index (κ3) is 6.94. The lowest BCUT2D eigenvalue weighted by Crippen LogP contribution is -2.46. The third-order valence-corrected chi connectivity index (χ3v) is 7.70. The van der Waals surface area contributed by atoms with Gasteiger partial charge in [0.1, 0.15) is 5.75 Å². The van der Waals surface area contributed by atoms with Crippen LogP contribution in [0.25, 0.3) is 11.1 Å². The first-order valence-electron chi connectivity index (χ1n) is 12.4. The van der Waals surface area contributed by atoms with E-state index in [1.165, 1.54) is 22.9 Å². The fourth-order valence-electron chi connectivity index (χ4n) is 5.00. The van der Waals surface area contributed by atoms with Crippen molar-refractivity contribution in [3.05, 3.63) is 90.0 Å². The molecule has 0 aromatic heterocycles. The summed E-state index contributed by atoms with van der Waals surface area (Å²) in [6, 6.07) is 27.7. The first kappa shape index (κ1) is 25.4. The van der Waals surface area contributed by atoms with Gasteiger partial charge >= 0.3 is 0 Å². The Balaban J connectivity index is 1.39. The quantitative estimate of drug-likeness (QED) is 0.405. The highest BCUT2D eigenvalue weighted by Crippen LogP contribution is 2.40. The van der Waals surface area contributed by atoms with Crippen molar-refractivity contribution in [3.63, 3.8) is 0 Å². The average molecular weight is 493 g/mol. The Morgan fingerprint density at radius 1 is 0.914 bits per heavy atom. The average Bonchev–Trinajstić information content (AvgIpc) is 2.88. The normalized spacial score (nSPS) is 20.5. The maximum absolute atomic E-state index is 11.9. The number of hydrogen-bond acceptors (Lipinski definition) is 4. The molecule has 0 spiro atoms. The Morgan fingerprint density at radius 3 is 2.26 bits per heavy atom. The zero-order chi connectivity index (χ0) is 24.7. The van der Waals surface area contributed by atoms with Gasteiger partial charge in [-0.15, -0.1) is 0 Å². The molecule has 1 aliphatic carbocycles. The van der Waals surface area contributed by atoms with E-state index in [1.54, 1.807) is 0 Å². The molecule has 0 amide bonds. The number of ether oxygens (including phenoxy) is 1. The number of benzene rings is 3. The summed E-state index contributed by atoms with van der Waals surface area (Å²) < 4.78 is 32.3. The SMILES string of the molecule is CCOc1cccc(C2(CNS(C)(=O)=O)CCC(NCc3ccc(-c4ccccc4)cc3)CC2)c1. The van der Waals surface area contributed by atoms with Crippen LogP contribution in [0, 0.1) is 0 Å². The summed E-state index contributed by atoms with van der Waals surface area (Å²) in [6.07, 6.45) is 5.04. The van der Waals surface area contributed by atoms with E-state index in [-0.39, 0.29) is 5.41 Å². The lowest BCUT2D eigenvalue weighted by atomic mass is 9.68. The molecule has 0 bridgehead atoms. The van der Waals surface area contributed by atoms with Gasteiger partial charge in [0, 0.05) is 24.5 Å². The van der Waals surface area contributed by atoms with E-state index in [2.05, 4.69) is 70.7 Å². The van der Waals surface area contributed by atoms with Crippen LogP contribution in [0.5, 0.6) is 5.75 Å².